The summed E-state index contributed by atoms with van der Waals surface area (Å²) in [6.07, 6.45) is 0. The monoisotopic (exact) mass is 350 g/mol. The van der Waals surface area contributed by atoms with Crippen molar-refractivity contribution in [1.29, 1.82) is 0 Å². The van der Waals surface area contributed by atoms with Crippen molar-refractivity contribution in [3.05, 3.63) is 15.8 Å². The summed E-state index contributed by atoms with van der Waals surface area (Å²) in [7, 11) is -3.45. The molecule has 0 bridgehead atoms. The van der Waals surface area contributed by atoms with Crippen LogP contribution in [0.3, 0.4) is 0 Å². The van der Waals surface area contributed by atoms with Crippen LogP contribution in [0.2, 0.25) is 0 Å². The molecule has 1 unspecified atom stereocenters. The van der Waals surface area contributed by atoms with Gasteiger partial charge in [-0.25, -0.2) is 13.1 Å². The molecule has 2 N–H and O–H groups in total. The first kappa shape index (κ1) is 19.0. The van der Waals surface area contributed by atoms with Crippen LogP contribution in [-0.4, -0.2) is 32.0 Å². The Bertz CT molecular complexity index is 538. The second-order valence-electron chi connectivity index (χ2n) is 5.39. The Labute approximate surface area is 137 Å². The molecule has 1 atom stereocenters. The normalized spacial score (nSPS) is 13.8. The molecule has 0 aromatic carbocycles. The van der Waals surface area contributed by atoms with E-state index < -0.39 is 10.0 Å². The summed E-state index contributed by atoms with van der Waals surface area (Å²) < 4.78 is 28.0. The van der Waals surface area contributed by atoms with Crippen LogP contribution in [0.15, 0.2) is 10.3 Å². The molecule has 0 radical (unpaired) electrons. The zero-order valence-corrected chi connectivity index (χ0v) is 15.8. The highest BCUT2D eigenvalue weighted by atomic mass is 32.2. The molecule has 0 aliphatic rings. The van der Waals surface area contributed by atoms with Crippen LogP contribution in [0.5, 0.6) is 0 Å². The zero-order chi connectivity index (χ0) is 16.0. The van der Waals surface area contributed by atoms with Gasteiger partial charge >= 0.3 is 0 Å². The van der Waals surface area contributed by atoms with Crippen LogP contribution >= 0.6 is 23.1 Å². The minimum Gasteiger partial charge on any atom is -0.310 e. The standard InChI is InChI=1S/C14H26N2O2S3/c1-6-19-9-12(5)16-21(17,18)14-11(4)8-20-13(14)7-15-10(2)3/h8,10,12,15-16H,6-7,9H2,1-5H3. The fourth-order valence-corrected chi connectivity index (χ4v) is 5.70. The summed E-state index contributed by atoms with van der Waals surface area (Å²) in [4.78, 5) is 1.33. The van der Waals surface area contributed by atoms with E-state index in [0.29, 0.717) is 17.5 Å². The lowest BCUT2D eigenvalue weighted by Crippen LogP contribution is -2.35. The van der Waals surface area contributed by atoms with Gasteiger partial charge in [0.2, 0.25) is 10.0 Å². The molecule has 0 aliphatic carbocycles. The lowest BCUT2D eigenvalue weighted by atomic mass is 10.3. The predicted molar refractivity (Wildman–Crippen MR) is 93.8 cm³/mol. The number of thiophene rings is 1. The van der Waals surface area contributed by atoms with Crippen LogP contribution in [0.4, 0.5) is 0 Å². The average molecular weight is 351 g/mol. The highest BCUT2D eigenvalue weighted by Gasteiger charge is 2.24. The van der Waals surface area contributed by atoms with Gasteiger partial charge < -0.3 is 5.32 Å². The SMILES string of the molecule is CCSCC(C)NS(=O)(=O)c1c(C)csc1CNC(C)C. The molecular weight excluding hydrogens is 324 g/mol. The second-order valence-corrected chi connectivity index (χ2v) is 9.32. The average Bonchev–Trinajstić information content (AvgIpc) is 2.75. The molecule has 0 spiro atoms. The summed E-state index contributed by atoms with van der Waals surface area (Å²) in [5, 5.41) is 5.20. The fourth-order valence-electron chi connectivity index (χ4n) is 1.92. The summed E-state index contributed by atoms with van der Waals surface area (Å²) in [5.74, 6) is 1.78. The van der Waals surface area contributed by atoms with Gasteiger partial charge in [-0.3, -0.25) is 0 Å². The molecule has 1 aromatic rings. The van der Waals surface area contributed by atoms with Crippen molar-refractivity contribution in [3.63, 3.8) is 0 Å². The third-order valence-corrected chi connectivity index (χ3v) is 7.05. The summed E-state index contributed by atoms with van der Waals surface area (Å²) in [6.45, 7) is 10.5. The summed E-state index contributed by atoms with van der Waals surface area (Å²) in [5.41, 5.74) is 0.823. The predicted octanol–water partition coefficient (Wildman–Crippen LogP) is 2.97. The fraction of sp³-hybridized carbons (Fsp3) is 0.714. The minimum atomic E-state index is -3.45. The Balaban J connectivity index is 2.89. The van der Waals surface area contributed by atoms with Gasteiger partial charge in [0.15, 0.2) is 0 Å². The molecule has 0 saturated heterocycles. The van der Waals surface area contributed by atoms with E-state index in [1.807, 2.05) is 19.2 Å². The number of thioether (sulfide) groups is 1. The van der Waals surface area contributed by atoms with Gasteiger partial charge in [0.05, 0.1) is 0 Å². The highest BCUT2D eigenvalue weighted by Crippen LogP contribution is 2.27. The number of rotatable bonds is 9. The minimum absolute atomic E-state index is 0.0647. The Morgan fingerprint density at radius 1 is 1.33 bits per heavy atom. The van der Waals surface area contributed by atoms with E-state index in [1.54, 1.807) is 11.8 Å². The first-order valence-electron chi connectivity index (χ1n) is 7.18. The van der Waals surface area contributed by atoms with Crippen molar-refractivity contribution in [3.8, 4) is 0 Å². The van der Waals surface area contributed by atoms with E-state index in [1.165, 1.54) is 11.3 Å². The smallest absolute Gasteiger partial charge is 0.242 e. The molecule has 1 rings (SSSR count). The molecule has 0 fully saturated rings. The highest BCUT2D eigenvalue weighted by molar-refractivity contribution is 7.99. The molecule has 122 valence electrons. The Hall–Kier alpha value is -0.0800. The van der Waals surface area contributed by atoms with Crippen molar-refractivity contribution in [2.24, 2.45) is 0 Å². The first-order valence-corrected chi connectivity index (χ1v) is 10.7. The van der Waals surface area contributed by atoms with E-state index in [-0.39, 0.29) is 6.04 Å². The maximum Gasteiger partial charge on any atom is 0.242 e. The molecule has 0 saturated carbocycles. The van der Waals surface area contributed by atoms with E-state index in [0.717, 1.165) is 21.9 Å². The largest absolute Gasteiger partial charge is 0.310 e. The Morgan fingerprint density at radius 2 is 2.00 bits per heavy atom. The maximum atomic E-state index is 12.6. The number of nitrogens with one attached hydrogen (secondary N) is 2. The van der Waals surface area contributed by atoms with Crippen LogP contribution in [0, 0.1) is 6.92 Å². The molecule has 0 amide bonds. The third-order valence-electron chi connectivity index (χ3n) is 2.86. The van der Waals surface area contributed by atoms with Crippen molar-refractivity contribution in [1.82, 2.24) is 10.0 Å². The van der Waals surface area contributed by atoms with Gasteiger partial charge in [-0.15, -0.1) is 11.3 Å². The first-order chi connectivity index (χ1) is 9.77. The van der Waals surface area contributed by atoms with Gasteiger partial charge in [0.1, 0.15) is 4.90 Å². The quantitative estimate of drug-likeness (QED) is 0.719. The van der Waals surface area contributed by atoms with Crippen LogP contribution in [0.1, 0.15) is 38.1 Å². The molecule has 0 aliphatic heterocycles. The van der Waals surface area contributed by atoms with E-state index >= 15 is 0 Å². The number of hydrogen-bond donors (Lipinski definition) is 2. The van der Waals surface area contributed by atoms with Crippen molar-refractivity contribution >= 4 is 33.1 Å². The van der Waals surface area contributed by atoms with Crippen molar-refractivity contribution in [2.75, 3.05) is 11.5 Å². The second kappa shape index (κ2) is 8.53. The molecule has 1 heterocycles. The number of aryl methyl sites for hydroxylation is 1. The molecule has 21 heavy (non-hydrogen) atoms. The molecule has 4 nitrogen and oxygen atoms in total. The van der Waals surface area contributed by atoms with Gasteiger partial charge in [0.25, 0.3) is 0 Å². The number of hydrogen-bond acceptors (Lipinski definition) is 5. The molecular formula is C14H26N2O2S3. The van der Waals surface area contributed by atoms with E-state index in [2.05, 4.69) is 30.8 Å². The topological polar surface area (TPSA) is 58.2 Å². The van der Waals surface area contributed by atoms with Crippen LogP contribution in [-0.2, 0) is 16.6 Å². The summed E-state index contributed by atoms with van der Waals surface area (Å²) in [6, 6.07) is 0.265. The van der Waals surface area contributed by atoms with Crippen molar-refractivity contribution < 1.29 is 8.42 Å². The molecule has 7 heteroatoms. The molecule has 1 aromatic heterocycles. The van der Waals surface area contributed by atoms with E-state index in [9.17, 15) is 8.42 Å². The van der Waals surface area contributed by atoms with E-state index in [4.69, 9.17) is 0 Å². The van der Waals surface area contributed by atoms with Gasteiger partial charge in [-0.1, -0.05) is 20.8 Å². The van der Waals surface area contributed by atoms with Gasteiger partial charge in [-0.2, -0.15) is 11.8 Å². The summed E-state index contributed by atoms with van der Waals surface area (Å²) >= 11 is 3.24. The van der Waals surface area contributed by atoms with Crippen LogP contribution in [0.25, 0.3) is 0 Å². The third kappa shape index (κ3) is 5.90. The lowest BCUT2D eigenvalue weighted by molar-refractivity contribution is 0.563. The lowest BCUT2D eigenvalue weighted by Gasteiger charge is -2.15. The number of sulfonamides is 1. The van der Waals surface area contributed by atoms with Crippen LogP contribution < -0.4 is 10.0 Å². The Morgan fingerprint density at radius 3 is 2.57 bits per heavy atom. The Kier molecular flexibility index (Phi) is 7.70. The zero-order valence-electron chi connectivity index (χ0n) is 13.4. The van der Waals surface area contributed by atoms with Gasteiger partial charge in [-0.05, 0) is 30.5 Å². The maximum absolute atomic E-state index is 12.6. The van der Waals surface area contributed by atoms with Gasteiger partial charge in [0, 0.05) is 29.3 Å². The van der Waals surface area contributed by atoms with Crippen molar-refractivity contribution in [2.45, 2.75) is 58.1 Å².